The number of benzene rings is 1. The third kappa shape index (κ3) is 6.27. The van der Waals surface area contributed by atoms with Crippen molar-refractivity contribution >= 4 is 6.03 Å². The summed E-state index contributed by atoms with van der Waals surface area (Å²) in [5.41, 5.74) is 3.00. The van der Waals surface area contributed by atoms with Crippen molar-refractivity contribution in [3.8, 4) is 11.6 Å². The van der Waals surface area contributed by atoms with Crippen LogP contribution in [0, 0.1) is 0 Å². The first-order valence-corrected chi connectivity index (χ1v) is 9.17. The number of urea groups is 1. The number of halogens is 3. The minimum absolute atomic E-state index is 0.00211. The molecule has 0 bridgehead atoms. The summed E-state index contributed by atoms with van der Waals surface area (Å²) in [7, 11) is 1.62. The molecular formula is C20H22F3N3O3. The van der Waals surface area contributed by atoms with Crippen LogP contribution in [0.25, 0.3) is 0 Å². The van der Waals surface area contributed by atoms with E-state index < -0.39 is 12.8 Å². The van der Waals surface area contributed by atoms with Gasteiger partial charge < -0.3 is 20.1 Å². The quantitative estimate of drug-likeness (QED) is 0.767. The van der Waals surface area contributed by atoms with Crippen LogP contribution >= 0.6 is 0 Å². The molecule has 1 aliphatic rings. The summed E-state index contributed by atoms with van der Waals surface area (Å²) >= 11 is 0. The molecule has 2 amide bonds. The van der Waals surface area contributed by atoms with Gasteiger partial charge in [-0.05, 0) is 54.2 Å². The molecule has 0 unspecified atom stereocenters. The number of ether oxygens (including phenoxy) is 2. The van der Waals surface area contributed by atoms with Gasteiger partial charge in [-0.25, -0.2) is 9.78 Å². The number of alkyl halides is 3. The molecule has 29 heavy (non-hydrogen) atoms. The number of aryl methyl sites for hydroxylation is 1. The van der Waals surface area contributed by atoms with E-state index in [9.17, 15) is 18.0 Å². The van der Waals surface area contributed by atoms with Crippen LogP contribution in [0.2, 0.25) is 0 Å². The Morgan fingerprint density at radius 1 is 1.24 bits per heavy atom. The lowest BCUT2D eigenvalue weighted by atomic mass is 9.88. The highest BCUT2D eigenvalue weighted by atomic mass is 19.4. The Morgan fingerprint density at radius 2 is 2.07 bits per heavy atom. The minimum atomic E-state index is -4.43. The third-order valence-electron chi connectivity index (χ3n) is 4.61. The van der Waals surface area contributed by atoms with E-state index in [1.807, 2.05) is 18.2 Å². The number of carbonyl (C=O) groups is 1. The normalized spacial score (nSPS) is 15.9. The zero-order chi connectivity index (χ0) is 20.9. The maximum absolute atomic E-state index is 12.2. The SMILES string of the molecule is COc1ccc2c(c1)C[C@H](NC(=O)NCc1ccnc(OCC(F)(F)F)c1)CC2. The van der Waals surface area contributed by atoms with E-state index in [0.29, 0.717) is 12.0 Å². The highest BCUT2D eigenvalue weighted by Gasteiger charge is 2.28. The first-order valence-electron chi connectivity index (χ1n) is 9.17. The molecule has 3 rings (SSSR count). The Hall–Kier alpha value is -2.97. The van der Waals surface area contributed by atoms with E-state index in [-0.39, 0.29) is 24.5 Å². The van der Waals surface area contributed by atoms with Crippen LogP contribution < -0.4 is 20.1 Å². The maximum Gasteiger partial charge on any atom is 0.422 e. The molecule has 1 atom stereocenters. The van der Waals surface area contributed by atoms with Crippen LogP contribution in [0.1, 0.15) is 23.1 Å². The summed E-state index contributed by atoms with van der Waals surface area (Å²) in [4.78, 5) is 16.0. The number of methoxy groups -OCH3 is 1. The molecule has 0 fully saturated rings. The molecule has 1 heterocycles. The molecule has 1 aromatic heterocycles. The number of pyridine rings is 1. The smallest absolute Gasteiger partial charge is 0.422 e. The second-order valence-electron chi connectivity index (χ2n) is 6.81. The van der Waals surface area contributed by atoms with Crippen LogP contribution in [0.3, 0.4) is 0 Å². The van der Waals surface area contributed by atoms with E-state index in [0.717, 1.165) is 24.2 Å². The minimum Gasteiger partial charge on any atom is -0.497 e. The van der Waals surface area contributed by atoms with E-state index in [1.165, 1.54) is 17.8 Å². The largest absolute Gasteiger partial charge is 0.497 e. The average molecular weight is 409 g/mol. The lowest BCUT2D eigenvalue weighted by Gasteiger charge is -2.26. The zero-order valence-electron chi connectivity index (χ0n) is 15.9. The summed E-state index contributed by atoms with van der Waals surface area (Å²) in [6.07, 6.45) is -0.679. The number of rotatable bonds is 6. The van der Waals surface area contributed by atoms with Crippen LogP contribution in [0.15, 0.2) is 36.5 Å². The predicted molar refractivity (Wildman–Crippen MR) is 100.0 cm³/mol. The van der Waals surface area contributed by atoms with Gasteiger partial charge in [0.05, 0.1) is 7.11 Å². The highest BCUT2D eigenvalue weighted by molar-refractivity contribution is 5.74. The number of hydrogen-bond acceptors (Lipinski definition) is 4. The molecule has 2 aromatic rings. The number of hydrogen-bond donors (Lipinski definition) is 2. The number of nitrogens with zero attached hydrogens (tertiary/aromatic N) is 1. The van der Waals surface area contributed by atoms with Crippen molar-refractivity contribution in [3.63, 3.8) is 0 Å². The Kier molecular flexibility index (Phi) is 6.46. The Labute approximate surface area is 166 Å². The number of fused-ring (bicyclic) bond motifs is 1. The van der Waals surface area contributed by atoms with Crippen molar-refractivity contribution in [1.82, 2.24) is 15.6 Å². The Bertz CT molecular complexity index is 858. The maximum atomic E-state index is 12.2. The summed E-state index contributed by atoms with van der Waals surface area (Å²) < 4.78 is 46.6. The van der Waals surface area contributed by atoms with Gasteiger partial charge in [0.15, 0.2) is 6.61 Å². The predicted octanol–water partition coefficient (Wildman–Crippen LogP) is 3.39. The highest BCUT2D eigenvalue weighted by Crippen LogP contribution is 2.25. The van der Waals surface area contributed by atoms with Gasteiger partial charge in [-0.2, -0.15) is 13.2 Å². The van der Waals surface area contributed by atoms with Crippen molar-refractivity contribution in [3.05, 3.63) is 53.2 Å². The summed E-state index contributed by atoms with van der Waals surface area (Å²) in [6, 6.07) is 8.60. The molecule has 0 radical (unpaired) electrons. The van der Waals surface area contributed by atoms with Gasteiger partial charge >= 0.3 is 12.2 Å². The number of aromatic nitrogens is 1. The first-order chi connectivity index (χ1) is 13.8. The lowest BCUT2D eigenvalue weighted by Crippen LogP contribution is -2.44. The Balaban J connectivity index is 1.49. The van der Waals surface area contributed by atoms with Gasteiger partial charge in [0, 0.05) is 24.8 Å². The third-order valence-corrected chi connectivity index (χ3v) is 4.61. The topological polar surface area (TPSA) is 72.5 Å². The zero-order valence-corrected chi connectivity index (χ0v) is 15.9. The lowest BCUT2D eigenvalue weighted by molar-refractivity contribution is -0.154. The van der Waals surface area contributed by atoms with E-state index in [1.54, 1.807) is 13.2 Å². The van der Waals surface area contributed by atoms with E-state index in [2.05, 4.69) is 20.4 Å². The Morgan fingerprint density at radius 3 is 2.83 bits per heavy atom. The van der Waals surface area contributed by atoms with Crippen LogP contribution in [0.4, 0.5) is 18.0 Å². The fourth-order valence-corrected chi connectivity index (χ4v) is 3.20. The summed E-state index contributed by atoms with van der Waals surface area (Å²) in [5, 5.41) is 5.65. The van der Waals surface area contributed by atoms with Gasteiger partial charge in [-0.15, -0.1) is 0 Å². The molecule has 9 heteroatoms. The molecule has 156 valence electrons. The monoisotopic (exact) mass is 409 g/mol. The molecule has 0 saturated heterocycles. The van der Waals surface area contributed by atoms with Gasteiger partial charge in [-0.3, -0.25) is 0 Å². The fourth-order valence-electron chi connectivity index (χ4n) is 3.20. The molecule has 0 spiro atoms. The van der Waals surface area contributed by atoms with Crippen LogP contribution in [-0.4, -0.2) is 36.9 Å². The van der Waals surface area contributed by atoms with Gasteiger partial charge in [0.1, 0.15) is 5.75 Å². The van der Waals surface area contributed by atoms with Gasteiger partial charge in [-0.1, -0.05) is 6.07 Å². The second kappa shape index (κ2) is 9.02. The van der Waals surface area contributed by atoms with E-state index >= 15 is 0 Å². The van der Waals surface area contributed by atoms with Gasteiger partial charge in [0.25, 0.3) is 0 Å². The van der Waals surface area contributed by atoms with Crippen molar-refractivity contribution < 1.29 is 27.4 Å². The van der Waals surface area contributed by atoms with Crippen LogP contribution in [0.5, 0.6) is 11.6 Å². The standard InChI is InChI=1S/C20H22F3N3O3/c1-28-17-5-3-14-2-4-16(9-15(14)10-17)26-19(27)25-11-13-6-7-24-18(8-13)29-12-20(21,22)23/h3,5-8,10,16H,2,4,9,11-12H2,1H3,(H2,25,26,27)/t16-/m1/s1. The molecule has 2 N–H and O–H groups in total. The molecule has 0 aliphatic heterocycles. The van der Waals surface area contributed by atoms with E-state index in [4.69, 9.17) is 4.74 Å². The fraction of sp³-hybridized carbons (Fsp3) is 0.400. The van der Waals surface area contributed by atoms with Gasteiger partial charge in [0.2, 0.25) is 5.88 Å². The molecular weight excluding hydrogens is 387 g/mol. The molecule has 1 aromatic carbocycles. The first kappa shape index (κ1) is 20.8. The number of carbonyl (C=O) groups excluding carboxylic acids is 1. The molecule has 1 aliphatic carbocycles. The molecule has 6 nitrogen and oxygen atoms in total. The van der Waals surface area contributed by atoms with Crippen LogP contribution in [-0.2, 0) is 19.4 Å². The second-order valence-corrected chi connectivity index (χ2v) is 6.81. The average Bonchev–Trinajstić information content (AvgIpc) is 2.70. The molecule has 0 saturated carbocycles. The van der Waals surface area contributed by atoms with Crippen molar-refractivity contribution in [2.75, 3.05) is 13.7 Å². The summed E-state index contributed by atoms with van der Waals surface area (Å²) in [6.45, 7) is -1.26. The van der Waals surface area contributed by atoms with Crippen molar-refractivity contribution in [2.24, 2.45) is 0 Å². The van der Waals surface area contributed by atoms with Crippen molar-refractivity contribution in [1.29, 1.82) is 0 Å². The number of amides is 2. The summed E-state index contributed by atoms with van der Waals surface area (Å²) in [5.74, 6) is 0.648. The van der Waals surface area contributed by atoms with Crippen molar-refractivity contribution in [2.45, 2.75) is 38.0 Å². The number of nitrogens with one attached hydrogen (secondary N) is 2.